The van der Waals surface area contributed by atoms with Crippen LogP contribution in [0.4, 0.5) is 21.5 Å². The number of hydrogen-bond acceptors (Lipinski definition) is 5. The maximum Gasteiger partial charge on any atom is 0.264 e. The van der Waals surface area contributed by atoms with E-state index in [2.05, 4.69) is 14.8 Å². The van der Waals surface area contributed by atoms with Crippen LogP contribution in [-0.2, 0) is 20.0 Å². The van der Waals surface area contributed by atoms with E-state index in [4.69, 9.17) is 11.6 Å². The molecule has 0 unspecified atom stereocenters. The second-order valence-electron chi connectivity index (χ2n) is 6.63. The average Bonchev–Trinajstić information content (AvgIpc) is 2.69. The van der Waals surface area contributed by atoms with E-state index >= 15 is 0 Å². The number of carbonyl (C=O) groups excluding carboxylic acids is 1. The van der Waals surface area contributed by atoms with Gasteiger partial charge in [-0.15, -0.1) is 0 Å². The predicted octanol–water partition coefficient (Wildman–Crippen LogP) is 3.90. The van der Waals surface area contributed by atoms with Crippen LogP contribution in [-0.4, -0.2) is 29.0 Å². The maximum absolute atomic E-state index is 14.0. The lowest BCUT2D eigenvalue weighted by Gasteiger charge is -2.15. The van der Waals surface area contributed by atoms with Crippen LogP contribution in [0.2, 0.25) is 5.02 Å². The Hall–Kier alpha value is -3.15. The van der Waals surface area contributed by atoms with Crippen LogP contribution in [0, 0.1) is 5.82 Å². The van der Waals surface area contributed by atoms with Gasteiger partial charge in [0.15, 0.2) is 0 Å². The summed E-state index contributed by atoms with van der Waals surface area (Å²) in [6.07, 6.45) is 0.972. The number of nitrogens with one attached hydrogen (secondary N) is 3. The molecule has 3 rings (SSSR count). The van der Waals surface area contributed by atoms with E-state index < -0.39 is 36.7 Å². The number of sulfonamides is 2. The minimum absolute atomic E-state index is 0.0175. The molecule has 0 saturated carbocycles. The van der Waals surface area contributed by atoms with Gasteiger partial charge in [0.25, 0.3) is 15.9 Å². The molecule has 32 heavy (non-hydrogen) atoms. The van der Waals surface area contributed by atoms with E-state index in [1.165, 1.54) is 54.6 Å². The quantitative estimate of drug-likeness (QED) is 0.457. The third-order valence-corrected chi connectivity index (χ3v) is 6.27. The van der Waals surface area contributed by atoms with Crippen molar-refractivity contribution in [2.24, 2.45) is 0 Å². The lowest BCUT2D eigenvalue weighted by Crippen LogP contribution is -2.18. The molecule has 168 valence electrons. The number of hydrogen-bond donors (Lipinski definition) is 3. The summed E-state index contributed by atoms with van der Waals surface area (Å²) < 4.78 is 66.6. The van der Waals surface area contributed by atoms with Crippen molar-refractivity contribution in [2.45, 2.75) is 4.90 Å². The number of anilines is 3. The first kappa shape index (κ1) is 23.5. The minimum Gasteiger partial charge on any atom is -0.320 e. The average molecular weight is 498 g/mol. The monoisotopic (exact) mass is 497 g/mol. The molecule has 0 bridgehead atoms. The van der Waals surface area contributed by atoms with Crippen molar-refractivity contribution in [3.8, 4) is 0 Å². The molecule has 0 radical (unpaired) electrons. The van der Waals surface area contributed by atoms with Gasteiger partial charge in [-0.3, -0.25) is 14.2 Å². The van der Waals surface area contributed by atoms with Gasteiger partial charge in [0.05, 0.1) is 17.6 Å². The normalized spacial score (nSPS) is 11.6. The Bertz CT molecular complexity index is 1400. The molecular formula is C20H17ClFN3O5S2. The maximum atomic E-state index is 14.0. The molecular weight excluding hydrogens is 481 g/mol. The van der Waals surface area contributed by atoms with Crippen LogP contribution >= 0.6 is 11.6 Å². The zero-order valence-corrected chi connectivity index (χ0v) is 18.9. The Morgan fingerprint density at radius 1 is 0.875 bits per heavy atom. The highest BCUT2D eigenvalue weighted by Crippen LogP contribution is 2.29. The zero-order valence-electron chi connectivity index (χ0n) is 16.5. The molecule has 12 heteroatoms. The van der Waals surface area contributed by atoms with Gasteiger partial charge in [-0.2, -0.15) is 0 Å². The lowest BCUT2D eigenvalue weighted by atomic mass is 10.2. The molecule has 0 saturated heterocycles. The summed E-state index contributed by atoms with van der Waals surface area (Å²) >= 11 is 5.99. The Balaban J connectivity index is 1.90. The van der Waals surface area contributed by atoms with Crippen molar-refractivity contribution in [1.29, 1.82) is 0 Å². The van der Waals surface area contributed by atoms with E-state index in [1.807, 2.05) is 0 Å². The van der Waals surface area contributed by atoms with Gasteiger partial charge in [-0.1, -0.05) is 29.8 Å². The standard InChI is InChI=1S/C20H17ClFN3O5S2/c1-31(27,28)24-15-6-4-5-13(11-15)20(26)23-18-12-14(21)9-10-17(18)25-32(29,30)19-8-3-2-7-16(19)22/h2-12,24-25H,1H3,(H,23,26). The largest absolute Gasteiger partial charge is 0.320 e. The summed E-state index contributed by atoms with van der Waals surface area (Å²) in [7, 11) is -7.85. The molecule has 0 aliphatic carbocycles. The highest BCUT2D eigenvalue weighted by molar-refractivity contribution is 7.92. The van der Waals surface area contributed by atoms with Crippen LogP contribution < -0.4 is 14.8 Å². The fourth-order valence-electron chi connectivity index (χ4n) is 2.70. The molecule has 0 aromatic heterocycles. The number of amides is 1. The number of benzene rings is 3. The topological polar surface area (TPSA) is 121 Å². The van der Waals surface area contributed by atoms with Gasteiger partial charge in [-0.25, -0.2) is 21.2 Å². The van der Waals surface area contributed by atoms with E-state index in [9.17, 15) is 26.0 Å². The first-order chi connectivity index (χ1) is 14.9. The number of carbonyl (C=O) groups is 1. The number of halogens is 2. The van der Waals surface area contributed by atoms with Crippen molar-refractivity contribution >= 4 is 54.6 Å². The van der Waals surface area contributed by atoms with Gasteiger partial charge in [0, 0.05) is 16.3 Å². The van der Waals surface area contributed by atoms with Crippen LogP contribution in [0.15, 0.2) is 71.6 Å². The predicted molar refractivity (Wildman–Crippen MR) is 122 cm³/mol. The molecule has 3 aromatic carbocycles. The first-order valence-electron chi connectivity index (χ1n) is 8.91. The van der Waals surface area contributed by atoms with E-state index in [0.29, 0.717) is 0 Å². The summed E-state index contributed by atoms with van der Waals surface area (Å²) in [5.41, 5.74) is 0.244. The van der Waals surface area contributed by atoms with Crippen molar-refractivity contribution in [3.63, 3.8) is 0 Å². The fraction of sp³-hybridized carbons (Fsp3) is 0.0500. The SMILES string of the molecule is CS(=O)(=O)Nc1cccc(C(=O)Nc2cc(Cl)ccc2NS(=O)(=O)c2ccccc2F)c1. The molecule has 0 aliphatic heterocycles. The molecule has 1 amide bonds. The third-order valence-electron chi connectivity index (χ3n) is 4.03. The Labute approximate surface area is 189 Å². The van der Waals surface area contributed by atoms with Crippen molar-refractivity contribution in [2.75, 3.05) is 21.0 Å². The molecule has 0 aliphatic rings. The third kappa shape index (κ3) is 5.96. The van der Waals surface area contributed by atoms with E-state index in [1.54, 1.807) is 0 Å². The van der Waals surface area contributed by atoms with Crippen LogP contribution in [0.1, 0.15) is 10.4 Å². The van der Waals surface area contributed by atoms with Crippen LogP contribution in [0.5, 0.6) is 0 Å². The summed E-state index contributed by atoms with van der Waals surface area (Å²) in [6, 6.07) is 14.6. The molecule has 0 heterocycles. The zero-order chi connectivity index (χ0) is 23.5. The molecule has 3 N–H and O–H groups in total. The molecule has 0 spiro atoms. The fourth-order valence-corrected chi connectivity index (χ4v) is 4.59. The highest BCUT2D eigenvalue weighted by Gasteiger charge is 2.21. The Morgan fingerprint density at radius 3 is 2.28 bits per heavy atom. The van der Waals surface area contributed by atoms with Crippen LogP contribution in [0.25, 0.3) is 0 Å². The van der Waals surface area contributed by atoms with E-state index in [-0.39, 0.29) is 27.6 Å². The summed E-state index contributed by atoms with van der Waals surface area (Å²) in [5, 5.41) is 2.73. The summed E-state index contributed by atoms with van der Waals surface area (Å²) in [6.45, 7) is 0. The smallest absolute Gasteiger partial charge is 0.264 e. The van der Waals surface area contributed by atoms with Gasteiger partial charge >= 0.3 is 0 Å². The molecule has 0 atom stereocenters. The summed E-state index contributed by atoms with van der Waals surface area (Å²) in [5.74, 6) is -1.59. The van der Waals surface area contributed by atoms with E-state index in [0.717, 1.165) is 18.4 Å². The van der Waals surface area contributed by atoms with Gasteiger partial charge in [0.2, 0.25) is 10.0 Å². The van der Waals surface area contributed by atoms with Gasteiger partial charge < -0.3 is 5.32 Å². The molecule has 3 aromatic rings. The number of rotatable bonds is 7. The van der Waals surface area contributed by atoms with Crippen LogP contribution in [0.3, 0.4) is 0 Å². The molecule has 0 fully saturated rings. The van der Waals surface area contributed by atoms with Crippen molar-refractivity contribution in [3.05, 3.63) is 83.1 Å². The Morgan fingerprint density at radius 2 is 1.59 bits per heavy atom. The first-order valence-corrected chi connectivity index (χ1v) is 12.7. The van der Waals surface area contributed by atoms with Gasteiger partial charge in [0.1, 0.15) is 10.7 Å². The second kappa shape index (κ2) is 9.15. The molecule has 8 nitrogen and oxygen atoms in total. The van der Waals surface area contributed by atoms with Crippen molar-refractivity contribution < 1.29 is 26.0 Å². The Kier molecular flexibility index (Phi) is 6.72. The summed E-state index contributed by atoms with van der Waals surface area (Å²) in [4.78, 5) is 12.2. The second-order valence-corrected chi connectivity index (χ2v) is 10.5. The highest BCUT2D eigenvalue weighted by atomic mass is 35.5. The van der Waals surface area contributed by atoms with Gasteiger partial charge in [-0.05, 0) is 48.5 Å². The minimum atomic E-state index is -4.30. The van der Waals surface area contributed by atoms with Crippen molar-refractivity contribution in [1.82, 2.24) is 0 Å². The lowest BCUT2D eigenvalue weighted by molar-refractivity contribution is 0.102.